The van der Waals surface area contributed by atoms with Gasteiger partial charge in [-0.25, -0.2) is 0 Å². The quantitative estimate of drug-likeness (QED) is 0.433. The molecule has 0 aliphatic carbocycles. The normalized spacial score (nSPS) is 54.5. The molecule has 0 aromatic heterocycles. The van der Waals surface area contributed by atoms with Gasteiger partial charge < -0.3 is 18.9 Å². The van der Waals surface area contributed by atoms with Crippen LogP contribution in [0.5, 0.6) is 0 Å². The van der Waals surface area contributed by atoms with E-state index in [0.717, 1.165) is 0 Å². The molecule has 0 saturated carbocycles. The average molecular weight is 170 g/mol. The Hall–Kier alpha value is -0.580. The molecule has 0 aromatic rings. The van der Waals surface area contributed by atoms with Crippen LogP contribution in [0, 0.1) is 0 Å². The lowest BCUT2D eigenvalue weighted by Crippen LogP contribution is -2.40. The summed E-state index contributed by atoms with van der Waals surface area (Å²) < 4.78 is 21.5. The number of epoxide rings is 1. The van der Waals surface area contributed by atoms with E-state index in [9.17, 15) is 0 Å². The highest BCUT2D eigenvalue weighted by Gasteiger charge is 2.62. The molecule has 3 heterocycles. The molecule has 5 atom stereocenters. The van der Waals surface area contributed by atoms with Gasteiger partial charge in [0.05, 0.1) is 12.9 Å². The van der Waals surface area contributed by atoms with Crippen LogP contribution in [-0.2, 0) is 18.9 Å². The van der Waals surface area contributed by atoms with Gasteiger partial charge in [0.1, 0.15) is 18.3 Å². The van der Waals surface area contributed by atoms with E-state index in [-0.39, 0.29) is 30.7 Å². The fourth-order valence-corrected chi connectivity index (χ4v) is 1.89. The molecule has 3 rings (SSSR count). The maximum Gasteiger partial charge on any atom is 0.187 e. The monoisotopic (exact) mass is 170 g/mol. The Morgan fingerprint density at radius 3 is 3.08 bits per heavy atom. The molecule has 5 unspecified atom stereocenters. The molecule has 0 radical (unpaired) electrons. The first kappa shape index (κ1) is 6.88. The zero-order chi connectivity index (χ0) is 8.13. The van der Waals surface area contributed by atoms with Crippen LogP contribution >= 0.6 is 0 Å². The molecule has 0 spiro atoms. The molecular formula is C8H10O4. The Bertz CT molecular complexity index is 217. The second kappa shape index (κ2) is 2.22. The van der Waals surface area contributed by atoms with Gasteiger partial charge in [-0.1, -0.05) is 6.58 Å². The van der Waals surface area contributed by atoms with Crippen molar-refractivity contribution >= 4 is 0 Å². The van der Waals surface area contributed by atoms with Crippen LogP contribution in [0.1, 0.15) is 0 Å². The van der Waals surface area contributed by atoms with Crippen molar-refractivity contribution in [1.82, 2.24) is 0 Å². The Kier molecular flexibility index (Phi) is 1.27. The first-order chi connectivity index (χ1) is 5.90. The lowest BCUT2D eigenvalue weighted by Gasteiger charge is -2.22. The predicted molar refractivity (Wildman–Crippen MR) is 38.3 cm³/mol. The molecule has 4 heteroatoms. The number of hydrogen-bond donors (Lipinski definition) is 0. The number of rotatable bonds is 2. The Morgan fingerprint density at radius 1 is 1.33 bits per heavy atom. The highest BCUT2D eigenvalue weighted by molar-refractivity contribution is 5.04. The van der Waals surface area contributed by atoms with Gasteiger partial charge in [0, 0.05) is 0 Å². The summed E-state index contributed by atoms with van der Waals surface area (Å²) in [4.78, 5) is 0. The lowest BCUT2D eigenvalue weighted by molar-refractivity contribution is -0.105. The van der Waals surface area contributed by atoms with E-state index in [4.69, 9.17) is 18.9 Å². The minimum absolute atomic E-state index is 0.0220. The summed E-state index contributed by atoms with van der Waals surface area (Å²) in [5, 5.41) is 0. The van der Waals surface area contributed by atoms with Crippen molar-refractivity contribution in [3.05, 3.63) is 12.8 Å². The fraction of sp³-hybridized carbons (Fsp3) is 0.750. The smallest absolute Gasteiger partial charge is 0.187 e. The molecule has 0 amide bonds. The van der Waals surface area contributed by atoms with Crippen molar-refractivity contribution in [2.45, 2.75) is 30.7 Å². The third kappa shape index (κ3) is 0.772. The van der Waals surface area contributed by atoms with Gasteiger partial charge >= 0.3 is 0 Å². The van der Waals surface area contributed by atoms with E-state index in [1.807, 2.05) is 0 Å². The van der Waals surface area contributed by atoms with Gasteiger partial charge in [0.15, 0.2) is 12.4 Å². The summed E-state index contributed by atoms with van der Waals surface area (Å²) in [5.41, 5.74) is 0. The number of hydrogen-bond acceptors (Lipinski definition) is 4. The molecular weight excluding hydrogens is 160 g/mol. The van der Waals surface area contributed by atoms with Crippen molar-refractivity contribution in [1.29, 1.82) is 0 Å². The van der Waals surface area contributed by atoms with Gasteiger partial charge in [-0.15, -0.1) is 0 Å². The van der Waals surface area contributed by atoms with Gasteiger partial charge in [-0.3, -0.25) is 0 Å². The van der Waals surface area contributed by atoms with Crippen molar-refractivity contribution in [2.24, 2.45) is 0 Å². The van der Waals surface area contributed by atoms with E-state index in [1.165, 1.54) is 6.26 Å². The van der Waals surface area contributed by atoms with Crippen LogP contribution < -0.4 is 0 Å². The lowest BCUT2D eigenvalue weighted by atomic mass is 10.1. The molecule has 3 aliphatic rings. The summed E-state index contributed by atoms with van der Waals surface area (Å²) in [6, 6.07) is 0. The summed E-state index contributed by atoms with van der Waals surface area (Å²) in [6.07, 6.45) is 1.54. The van der Waals surface area contributed by atoms with Crippen LogP contribution in [0.15, 0.2) is 12.8 Å². The molecule has 12 heavy (non-hydrogen) atoms. The Labute approximate surface area is 70.0 Å². The largest absolute Gasteiger partial charge is 0.493 e. The zero-order valence-corrected chi connectivity index (χ0v) is 6.51. The van der Waals surface area contributed by atoms with Crippen LogP contribution in [0.2, 0.25) is 0 Å². The van der Waals surface area contributed by atoms with Crippen LogP contribution in [0.25, 0.3) is 0 Å². The van der Waals surface area contributed by atoms with Gasteiger partial charge in [0.2, 0.25) is 0 Å². The van der Waals surface area contributed by atoms with Crippen LogP contribution in [0.3, 0.4) is 0 Å². The third-order valence-corrected chi connectivity index (χ3v) is 2.51. The molecule has 4 nitrogen and oxygen atoms in total. The fourth-order valence-electron chi connectivity index (χ4n) is 1.89. The summed E-state index contributed by atoms with van der Waals surface area (Å²) in [7, 11) is 0. The number of fused-ring (bicyclic) bond motifs is 4. The summed E-state index contributed by atoms with van der Waals surface area (Å²) in [6.45, 7) is 4.13. The molecule has 0 N–H and O–H groups in total. The SMILES string of the molecule is C=COC1C2COC(O2)C2OC12. The maximum absolute atomic E-state index is 5.50. The van der Waals surface area contributed by atoms with Gasteiger partial charge in [-0.2, -0.15) is 0 Å². The standard InChI is InChI=1S/C8H10O4/c1-2-9-5-4-3-10-8(11-4)7-6(5)12-7/h2,4-8H,1,3H2. The molecule has 66 valence electrons. The molecule has 0 aromatic carbocycles. The van der Waals surface area contributed by atoms with Crippen molar-refractivity contribution in [3.8, 4) is 0 Å². The second-order valence-corrected chi connectivity index (χ2v) is 3.21. The average Bonchev–Trinajstić information content (AvgIpc) is 2.75. The van der Waals surface area contributed by atoms with E-state index in [2.05, 4.69) is 6.58 Å². The molecule has 3 saturated heterocycles. The minimum atomic E-state index is -0.148. The molecule has 3 fully saturated rings. The highest BCUT2D eigenvalue weighted by atomic mass is 16.8. The van der Waals surface area contributed by atoms with E-state index >= 15 is 0 Å². The summed E-state index contributed by atoms with van der Waals surface area (Å²) >= 11 is 0. The van der Waals surface area contributed by atoms with E-state index in [1.54, 1.807) is 0 Å². The Balaban J connectivity index is 1.80. The first-order valence-electron chi connectivity index (χ1n) is 4.09. The highest BCUT2D eigenvalue weighted by Crippen LogP contribution is 2.42. The van der Waals surface area contributed by atoms with Crippen LogP contribution in [-0.4, -0.2) is 37.3 Å². The Morgan fingerprint density at radius 2 is 2.25 bits per heavy atom. The first-order valence-corrected chi connectivity index (χ1v) is 4.09. The summed E-state index contributed by atoms with van der Waals surface area (Å²) in [5.74, 6) is 0. The van der Waals surface area contributed by atoms with Crippen molar-refractivity contribution in [2.75, 3.05) is 6.61 Å². The molecule has 3 aliphatic heterocycles. The van der Waals surface area contributed by atoms with E-state index in [0.29, 0.717) is 6.61 Å². The molecule has 2 bridgehead atoms. The number of ether oxygens (including phenoxy) is 4. The van der Waals surface area contributed by atoms with Crippen molar-refractivity contribution in [3.63, 3.8) is 0 Å². The predicted octanol–water partition coefficient (Wildman–Crippen LogP) is 0.0376. The third-order valence-electron chi connectivity index (χ3n) is 2.51. The maximum atomic E-state index is 5.50. The van der Waals surface area contributed by atoms with Crippen LogP contribution in [0.4, 0.5) is 0 Å². The van der Waals surface area contributed by atoms with E-state index < -0.39 is 0 Å². The topological polar surface area (TPSA) is 40.2 Å². The van der Waals surface area contributed by atoms with Gasteiger partial charge in [-0.05, 0) is 0 Å². The second-order valence-electron chi connectivity index (χ2n) is 3.21. The van der Waals surface area contributed by atoms with Crippen molar-refractivity contribution < 1.29 is 18.9 Å². The zero-order valence-electron chi connectivity index (χ0n) is 6.51. The van der Waals surface area contributed by atoms with Gasteiger partial charge in [0.25, 0.3) is 0 Å². The minimum Gasteiger partial charge on any atom is -0.493 e.